The number of carbonyl (C=O) groups is 2. The third-order valence-corrected chi connectivity index (χ3v) is 2.54. The first-order chi connectivity index (χ1) is 9.54. The number of pyridine rings is 1. The summed E-state index contributed by atoms with van der Waals surface area (Å²) in [5, 5.41) is 20.4. The molecule has 0 aliphatic rings. The van der Waals surface area contributed by atoms with Gasteiger partial charge in [0.15, 0.2) is 0 Å². The van der Waals surface area contributed by atoms with Gasteiger partial charge in [0.2, 0.25) is 0 Å². The van der Waals surface area contributed by atoms with Gasteiger partial charge in [-0.3, -0.25) is 14.6 Å². The minimum Gasteiger partial charge on any atom is -0.508 e. The number of hydrogen-bond donors (Lipinski definition) is 3. The number of carboxylic acid groups (broad SMARTS) is 1. The van der Waals surface area contributed by atoms with Crippen LogP contribution in [0.5, 0.6) is 5.75 Å². The molecule has 3 N–H and O–H groups in total. The van der Waals surface area contributed by atoms with Crippen LogP contribution in [0.25, 0.3) is 0 Å². The second-order valence-electron chi connectivity index (χ2n) is 4.11. The summed E-state index contributed by atoms with van der Waals surface area (Å²) in [7, 11) is 0. The predicted molar refractivity (Wildman–Crippen MR) is 71.6 cm³/mol. The van der Waals surface area contributed by atoms with E-state index < -0.39 is 5.97 Å². The molecule has 0 saturated heterocycles. The third-order valence-electron chi connectivity index (χ3n) is 2.54. The van der Waals surface area contributed by atoms with Gasteiger partial charge in [-0.25, -0.2) is 0 Å². The fourth-order valence-electron chi connectivity index (χ4n) is 1.57. The molecule has 0 saturated carbocycles. The first kappa shape index (κ1) is 13.5. The number of phenolic OH excluding ortho intramolecular Hbond substituents is 1. The number of aliphatic carboxylic acids is 1. The molecule has 0 fully saturated rings. The fraction of sp³-hybridized carbons (Fsp3) is 0.0714. The van der Waals surface area contributed by atoms with Crippen molar-refractivity contribution in [2.75, 3.05) is 5.32 Å². The number of rotatable bonds is 4. The average Bonchev–Trinajstić information content (AvgIpc) is 2.41. The van der Waals surface area contributed by atoms with Crippen LogP contribution in [0.4, 0.5) is 5.69 Å². The van der Waals surface area contributed by atoms with E-state index in [1.165, 1.54) is 30.5 Å². The number of benzene rings is 1. The van der Waals surface area contributed by atoms with Gasteiger partial charge in [0.05, 0.1) is 24.0 Å². The monoisotopic (exact) mass is 272 g/mol. The highest BCUT2D eigenvalue weighted by Crippen LogP contribution is 2.12. The maximum atomic E-state index is 11.9. The Bertz CT molecular complexity index is 621. The van der Waals surface area contributed by atoms with E-state index in [0.29, 0.717) is 16.9 Å². The minimum atomic E-state index is -0.960. The lowest BCUT2D eigenvalue weighted by Crippen LogP contribution is -2.12. The second-order valence-corrected chi connectivity index (χ2v) is 4.11. The standard InChI is InChI=1S/C14H12N2O4/c17-12-5-1-9(2-6-12)14(20)16-11-4-3-10(15-8-11)7-13(18)19/h1-6,8,17H,7H2,(H,16,20)(H,18,19). The first-order valence-corrected chi connectivity index (χ1v) is 5.82. The maximum Gasteiger partial charge on any atom is 0.309 e. The third kappa shape index (κ3) is 3.55. The molecule has 0 aliphatic carbocycles. The highest BCUT2D eigenvalue weighted by atomic mass is 16.4. The van der Waals surface area contributed by atoms with Crippen LogP contribution in [-0.4, -0.2) is 27.1 Å². The van der Waals surface area contributed by atoms with E-state index in [4.69, 9.17) is 10.2 Å². The summed E-state index contributed by atoms with van der Waals surface area (Å²) < 4.78 is 0. The normalized spacial score (nSPS) is 10.0. The van der Waals surface area contributed by atoms with Gasteiger partial charge in [-0.2, -0.15) is 0 Å². The van der Waals surface area contributed by atoms with Crippen LogP contribution < -0.4 is 5.32 Å². The number of carbonyl (C=O) groups excluding carboxylic acids is 1. The molecule has 1 heterocycles. The zero-order valence-electron chi connectivity index (χ0n) is 10.4. The number of carboxylic acids is 1. The molecular formula is C14H12N2O4. The zero-order chi connectivity index (χ0) is 14.5. The molecule has 0 spiro atoms. The summed E-state index contributed by atoms with van der Waals surface area (Å²) in [6, 6.07) is 8.96. The number of nitrogens with one attached hydrogen (secondary N) is 1. The maximum absolute atomic E-state index is 11.9. The van der Waals surface area contributed by atoms with Crippen LogP contribution in [-0.2, 0) is 11.2 Å². The largest absolute Gasteiger partial charge is 0.508 e. The van der Waals surface area contributed by atoms with Crippen LogP contribution in [0.2, 0.25) is 0 Å². The summed E-state index contributed by atoms with van der Waals surface area (Å²) in [6.45, 7) is 0. The molecule has 102 valence electrons. The molecule has 0 bridgehead atoms. The summed E-state index contributed by atoms with van der Waals surface area (Å²) >= 11 is 0. The molecular weight excluding hydrogens is 260 g/mol. The van der Waals surface area contributed by atoms with E-state index in [2.05, 4.69) is 10.3 Å². The zero-order valence-corrected chi connectivity index (χ0v) is 10.4. The van der Waals surface area contributed by atoms with E-state index in [-0.39, 0.29) is 18.1 Å². The second kappa shape index (κ2) is 5.83. The lowest BCUT2D eigenvalue weighted by molar-refractivity contribution is -0.136. The van der Waals surface area contributed by atoms with Crippen LogP contribution in [0.15, 0.2) is 42.6 Å². The highest BCUT2D eigenvalue weighted by Gasteiger charge is 2.07. The van der Waals surface area contributed by atoms with E-state index in [9.17, 15) is 9.59 Å². The van der Waals surface area contributed by atoms with Gasteiger partial charge in [-0.05, 0) is 36.4 Å². The Morgan fingerprint density at radius 2 is 1.80 bits per heavy atom. The van der Waals surface area contributed by atoms with Crippen LogP contribution in [0.3, 0.4) is 0 Å². The van der Waals surface area contributed by atoms with Gasteiger partial charge in [0.1, 0.15) is 5.75 Å². The quantitative estimate of drug-likeness (QED) is 0.786. The van der Waals surface area contributed by atoms with Crippen molar-refractivity contribution in [1.82, 2.24) is 4.98 Å². The molecule has 2 aromatic rings. The molecule has 0 aliphatic heterocycles. The van der Waals surface area contributed by atoms with Crippen LogP contribution in [0.1, 0.15) is 16.1 Å². The van der Waals surface area contributed by atoms with Gasteiger partial charge in [-0.1, -0.05) is 0 Å². The van der Waals surface area contributed by atoms with Crippen molar-refractivity contribution in [1.29, 1.82) is 0 Å². The topological polar surface area (TPSA) is 99.5 Å². The Balaban J connectivity index is 2.04. The average molecular weight is 272 g/mol. The van der Waals surface area contributed by atoms with E-state index >= 15 is 0 Å². The van der Waals surface area contributed by atoms with Crippen LogP contribution in [0, 0.1) is 0 Å². The van der Waals surface area contributed by atoms with Crippen molar-refractivity contribution in [2.24, 2.45) is 0 Å². The minimum absolute atomic E-state index is 0.0845. The fourth-order valence-corrected chi connectivity index (χ4v) is 1.57. The lowest BCUT2D eigenvalue weighted by atomic mass is 10.2. The number of nitrogens with zero attached hydrogens (tertiary/aromatic N) is 1. The molecule has 0 radical (unpaired) electrons. The summed E-state index contributed by atoms with van der Waals surface area (Å²) in [6.07, 6.45) is 1.24. The summed E-state index contributed by atoms with van der Waals surface area (Å²) in [4.78, 5) is 26.3. The molecule has 1 aromatic carbocycles. The van der Waals surface area contributed by atoms with E-state index in [0.717, 1.165) is 0 Å². The van der Waals surface area contributed by atoms with Gasteiger partial charge < -0.3 is 15.5 Å². The predicted octanol–water partition coefficient (Wildman–Crippen LogP) is 1.67. The Morgan fingerprint density at radius 1 is 1.10 bits per heavy atom. The number of aromatic nitrogens is 1. The lowest BCUT2D eigenvalue weighted by Gasteiger charge is -2.05. The molecule has 1 aromatic heterocycles. The van der Waals surface area contributed by atoms with Crippen molar-refractivity contribution < 1.29 is 19.8 Å². The highest BCUT2D eigenvalue weighted by molar-refractivity contribution is 6.04. The van der Waals surface area contributed by atoms with Gasteiger partial charge in [-0.15, -0.1) is 0 Å². The molecule has 6 nitrogen and oxygen atoms in total. The summed E-state index contributed by atoms with van der Waals surface area (Å²) in [5.41, 5.74) is 1.29. The van der Waals surface area contributed by atoms with Crippen molar-refractivity contribution in [2.45, 2.75) is 6.42 Å². The first-order valence-electron chi connectivity index (χ1n) is 5.82. The number of aromatic hydroxyl groups is 1. The molecule has 1 amide bonds. The molecule has 2 rings (SSSR count). The van der Waals surface area contributed by atoms with E-state index in [1.54, 1.807) is 12.1 Å². The van der Waals surface area contributed by atoms with Crippen LogP contribution >= 0.6 is 0 Å². The Labute approximate surface area is 114 Å². The number of amides is 1. The van der Waals surface area contributed by atoms with Gasteiger partial charge >= 0.3 is 5.97 Å². The molecule has 6 heteroatoms. The smallest absolute Gasteiger partial charge is 0.309 e. The Hall–Kier alpha value is -2.89. The molecule has 20 heavy (non-hydrogen) atoms. The van der Waals surface area contributed by atoms with Crippen molar-refractivity contribution in [3.05, 3.63) is 53.9 Å². The number of phenols is 1. The van der Waals surface area contributed by atoms with Gasteiger partial charge in [0, 0.05) is 5.56 Å². The van der Waals surface area contributed by atoms with Crippen molar-refractivity contribution in [3.8, 4) is 5.75 Å². The van der Waals surface area contributed by atoms with E-state index in [1.807, 2.05) is 0 Å². The molecule has 0 atom stereocenters. The van der Waals surface area contributed by atoms with Crippen molar-refractivity contribution in [3.63, 3.8) is 0 Å². The summed E-state index contributed by atoms with van der Waals surface area (Å²) in [5.74, 6) is -1.21. The molecule has 0 unspecified atom stereocenters. The van der Waals surface area contributed by atoms with Gasteiger partial charge in [0.25, 0.3) is 5.91 Å². The number of hydrogen-bond acceptors (Lipinski definition) is 4. The Morgan fingerprint density at radius 3 is 2.35 bits per heavy atom. The Kier molecular flexibility index (Phi) is 3.95. The number of anilines is 1. The van der Waals surface area contributed by atoms with Crippen molar-refractivity contribution >= 4 is 17.6 Å². The SMILES string of the molecule is O=C(O)Cc1ccc(NC(=O)c2ccc(O)cc2)cn1.